The van der Waals surface area contributed by atoms with Gasteiger partial charge in [-0.25, -0.2) is 0 Å². The molecule has 2 nitrogen and oxygen atoms in total. The molecule has 0 radical (unpaired) electrons. The lowest BCUT2D eigenvalue weighted by atomic mass is 9.91. The Morgan fingerprint density at radius 3 is 2.56 bits per heavy atom. The molecule has 0 aliphatic carbocycles. The van der Waals surface area contributed by atoms with Gasteiger partial charge in [-0.05, 0) is 25.0 Å². The van der Waals surface area contributed by atoms with E-state index in [1.165, 1.54) is 0 Å². The van der Waals surface area contributed by atoms with E-state index in [9.17, 15) is 5.11 Å². The van der Waals surface area contributed by atoms with E-state index >= 15 is 0 Å². The van der Waals surface area contributed by atoms with Crippen LogP contribution in [0.15, 0.2) is 18.2 Å². The van der Waals surface area contributed by atoms with Gasteiger partial charge in [0.25, 0.3) is 0 Å². The fourth-order valence-corrected chi connectivity index (χ4v) is 2.66. The van der Waals surface area contributed by atoms with E-state index < -0.39 is 6.10 Å². The van der Waals surface area contributed by atoms with E-state index in [4.69, 9.17) is 27.9 Å². The highest BCUT2D eigenvalue weighted by Gasteiger charge is 2.26. The van der Waals surface area contributed by atoms with Gasteiger partial charge in [0.05, 0.1) is 12.7 Å². The van der Waals surface area contributed by atoms with Gasteiger partial charge in [0.1, 0.15) is 0 Å². The van der Waals surface area contributed by atoms with Crippen molar-refractivity contribution >= 4 is 23.2 Å². The summed E-state index contributed by atoms with van der Waals surface area (Å²) in [5.74, 6) is 0.0890. The minimum Gasteiger partial charge on any atom is -0.388 e. The summed E-state index contributed by atoms with van der Waals surface area (Å²) in [6.45, 7) is 1.35. The van der Waals surface area contributed by atoms with Crippen molar-refractivity contribution in [3.63, 3.8) is 0 Å². The third kappa shape index (κ3) is 2.51. The molecule has 1 saturated heterocycles. The summed E-state index contributed by atoms with van der Waals surface area (Å²) in [6.07, 6.45) is 1.29. The first kappa shape index (κ1) is 12.2. The summed E-state index contributed by atoms with van der Waals surface area (Å²) in [6, 6.07) is 5.27. The van der Waals surface area contributed by atoms with Crippen LogP contribution in [0.5, 0.6) is 0 Å². The van der Waals surface area contributed by atoms with Crippen LogP contribution in [0.4, 0.5) is 0 Å². The van der Waals surface area contributed by atoms with E-state index in [1.54, 1.807) is 18.2 Å². The molecule has 4 heteroatoms. The molecule has 1 N–H and O–H groups in total. The Labute approximate surface area is 105 Å². The van der Waals surface area contributed by atoms with Gasteiger partial charge >= 0.3 is 0 Å². The maximum absolute atomic E-state index is 10.3. The minimum absolute atomic E-state index is 0.0890. The lowest BCUT2D eigenvalue weighted by Crippen LogP contribution is -2.24. The third-order valence-electron chi connectivity index (χ3n) is 2.94. The number of hydrogen-bond acceptors (Lipinski definition) is 2. The molecule has 2 atom stereocenters. The SMILES string of the molecule is OC(c1c(Cl)cccc1Cl)C1CCCOC1. The first-order valence-corrected chi connectivity index (χ1v) is 6.15. The zero-order valence-electron chi connectivity index (χ0n) is 8.83. The largest absolute Gasteiger partial charge is 0.388 e. The Balaban J connectivity index is 2.22. The second kappa shape index (κ2) is 5.37. The smallest absolute Gasteiger partial charge is 0.0869 e. The second-order valence-corrected chi connectivity index (χ2v) is 4.87. The van der Waals surface area contributed by atoms with E-state index in [1.807, 2.05) is 0 Å². The van der Waals surface area contributed by atoms with E-state index in [-0.39, 0.29) is 5.92 Å². The Hall–Kier alpha value is -0.280. The number of benzene rings is 1. The van der Waals surface area contributed by atoms with E-state index in [0.29, 0.717) is 22.2 Å². The molecule has 0 spiro atoms. The van der Waals surface area contributed by atoms with Gasteiger partial charge in [0.15, 0.2) is 0 Å². The molecule has 2 unspecified atom stereocenters. The summed E-state index contributed by atoms with van der Waals surface area (Å²) in [5.41, 5.74) is 0.626. The molecule has 1 fully saturated rings. The molecule has 0 aromatic heterocycles. The van der Waals surface area contributed by atoms with Gasteiger partial charge in [-0.15, -0.1) is 0 Å². The fraction of sp³-hybridized carbons (Fsp3) is 0.500. The molecular weight excluding hydrogens is 247 g/mol. The molecule has 16 heavy (non-hydrogen) atoms. The number of ether oxygens (including phenoxy) is 1. The van der Waals surface area contributed by atoms with Crippen LogP contribution in [-0.4, -0.2) is 18.3 Å². The Kier molecular flexibility index (Phi) is 4.09. The average molecular weight is 261 g/mol. The van der Waals surface area contributed by atoms with Crippen LogP contribution in [0.1, 0.15) is 24.5 Å². The lowest BCUT2D eigenvalue weighted by molar-refractivity contribution is -0.00988. The van der Waals surface area contributed by atoms with Crippen molar-refractivity contribution in [1.29, 1.82) is 0 Å². The maximum atomic E-state index is 10.3. The molecule has 0 amide bonds. The Bertz CT molecular complexity index is 342. The molecule has 1 aromatic carbocycles. The number of rotatable bonds is 2. The molecule has 88 valence electrons. The summed E-state index contributed by atoms with van der Waals surface area (Å²) in [4.78, 5) is 0. The summed E-state index contributed by atoms with van der Waals surface area (Å²) in [7, 11) is 0. The maximum Gasteiger partial charge on any atom is 0.0869 e. The van der Waals surface area contributed by atoms with Gasteiger partial charge in [0, 0.05) is 28.1 Å². The zero-order chi connectivity index (χ0) is 11.5. The lowest BCUT2D eigenvalue weighted by Gasteiger charge is -2.27. The standard InChI is InChI=1S/C12H14Cl2O2/c13-9-4-1-5-10(14)11(9)12(15)8-3-2-6-16-7-8/h1,4-5,8,12,15H,2-3,6-7H2. The molecule has 1 aliphatic rings. The van der Waals surface area contributed by atoms with Crippen LogP contribution < -0.4 is 0 Å². The molecular formula is C12H14Cl2O2. The van der Waals surface area contributed by atoms with Crippen LogP contribution in [0.25, 0.3) is 0 Å². The first-order chi connectivity index (χ1) is 7.70. The topological polar surface area (TPSA) is 29.5 Å². The van der Waals surface area contributed by atoms with E-state index in [0.717, 1.165) is 19.4 Å². The van der Waals surface area contributed by atoms with Crippen molar-refractivity contribution in [1.82, 2.24) is 0 Å². The molecule has 1 heterocycles. The van der Waals surface area contributed by atoms with Gasteiger partial charge in [0.2, 0.25) is 0 Å². The first-order valence-electron chi connectivity index (χ1n) is 5.40. The van der Waals surface area contributed by atoms with Crippen LogP contribution >= 0.6 is 23.2 Å². The van der Waals surface area contributed by atoms with Gasteiger partial charge in [-0.2, -0.15) is 0 Å². The normalized spacial score (nSPS) is 23.1. The molecule has 0 bridgehead atoms. The minimum atomic E-state index is -0.638. The Morgan fingerprint density at radius 2 is 2.00 bits per heavy atom. The van der Waals surface area contributed by atoms with Crippen molar-refractivity contribution in [3.8, 4) is 0 Å². The monoisotopic (exact) mass is 260 g/mol. The zero-order valence-corrected chi connectivity index (χ0v) is 10.3. The molecule has 1 aromatic rings. The van der Waals surface area contributed by atoms with E-state index in [2.05, 4.69) is 0 Å². The number of aliphatic hydroxyl groups excluding tert-OH is 1. The highest BCUT2D eigenvalue weighted by Crippen LogP contribution is 2.36. The van der Waals surface area contributed by atoms with Crippen LogP contribution in [0.3, 0.4) is 0 Å². The van der Waals surface area contributed by atoms with Crippen molar-refractivity contribution in [2.45, 2.75) is 18.9 Å². The number of aliphatic hydroxyl groups is 1. The number of halogens is 2. The van der Waals surface area contributed by atoms with Crippen molar-refractivity contribution < 1.29 is 9.84 Å². The summed E-state index contributed by atoms with van der Waals surface area (Å²) in [5, 5.41) is 11.3. The molecule has 2 rings (SSSR count). The Morgan fingerprint density at radius 1 is 1.31 bits per heavy atom. The highest BCUT2D eigenvalue weighted by atomic mass is 35.5. The quantitative estimate of drug-likeness (QED) is 0.883. The molecule has 0 saturated carbocycles. The van der Waals surface area contributed by atoms with Crippen LogP contribution in [-0.2, 0) is 4.74 Å². The van der Waals surface area contributed by atoms with Crippen molar-refractivity contribution in [2.24, 2.45) is 5.92 Å². The average Bonchev–Trinajstić information content (AvgIpc) is 2.30. The van der Waals surface area contributed by atoms with Crippen LogP contribution in [0, 0.1) is 5.92 Å². The van der Waals surface area contributed by atoms with Crippen molar-refractivity contribution in [2.75, 3.05) is 13.2 Å². The second-order valence-electron chi connectivity index (χ2n) is 4.06. The summed E-state index contributed by atoms with van der Waals surface area (Å²) < 4.78 is 5.36. The fourth-order valence-electron chi connectivity index (χ4n) is 2.04. The van der Waals surface area contributed by atoms with Gasteiger partial charge in [-0.3, -0.25) is 0 Å². The predicted molar refractivity (Wildman–Crippen MR) is 65.0 cm³/mol. The molecule has 1 aliphatic heterocycles. The number of hydrogen-bond donors (Lipinski definition) is 1. The summed E-state index contributed by atoms with van der Waals surface area (Å²) >= 11 is 12.1. The van der Waals surface area contributed by atoms with Crippen molar-refractivity contribution in [3.05, 3.63) is 33.8 Å². The predicted octanol–water partition coefficient (Wildman–Crippen LogP) is 3.45. The van der Waals surface area contributed by atoms with Gasteiger partial charge < -0.3 is 9.84 Å². The van der Waals surface area contributed by atoms with Gasteiger partial charge in [-0.1, -0.05) is 29.3 Å². The highest BCUT2D eigenvalue weighted by molar-refractivity contribution is 6.36. The van der Waals surface area contributed by atoms with Crippen LogP contribution in [0.2, 0.25) is 10.0 Å². The third-order valence-corrected chi connectivity index (χ3v) is 3.60.